The molecule has 33 heavy (non-hydrogen) atoms. The molecular weight excluding hydrogens is 446 g/mol. The fraction of sp³-hybridized carbons (Fsp3) is 0.292. The Balaban J connectivity index is 1.40. The maximum Gasteiger partial charge on any atom is 0.291 e. The number of carbonyl (C=O) groups excluding carboxylic acids is 3. The average molecular weight is 468 g/mol. The molecule has 1 atom stereocenters. The van der Waals surface area contributed by atoms with Crippen molar-refractivity contribution in [2.45, 2.75) is 6.42 Å². The summed E-state index contributed by atoms with van der Waals surface area (Å²) in [6.07, 6.45) is 0.0703. The number of hydrogen-bond acceptors (Lipinski definition) is 5. The number of nitrogens with zero attached hydrogens (tertiary/aromatic N) is 2. The molecular formula is C24H22ClN3O5. The molecule has 1 unspecified atom stereocenters. The predicted octanol–water partition coefficient (Wildman–Crippen LogP) is 3.55. The van der Waals surface area contributed by atoms with Crippen molar-refractivity contribution in [2.75, 3.05) is 43.1 Å². The average Bonchev–Trinajstić information content (AvgIpc) is 3.40. The fourth-order valence-electron chi connectivity index (χ4n) is 4.23. The van der Waals surface area contributed by atoms with E-state index in [0.29, 0.717) is 53.7 Å². The molecule has 0 saturated carbocycles. The molecule has 170 valence electrons. The third-order valence-corrected chi connectivity index (χ3v) is 6.19. The first kappa shape index (κ1) is 21.5. The second-order valence-corrected chi connectivity index (χ2v) is 8.52. The zero-order chi connectivity index (χ0) is 22.9. The van der Waals surface area contributed by atoms with Crippen molar-refractivity contribution in [1.82, 2.24) is 4.90 Å². The van der Waals surface area contributed by atoms with Gasteiger partial charge in [-0.25, -0.2) is 0 Å². The van der Waals surface area contributed by atoms with Gasteiger partial charge in [0.1, 0.15) is 11.3 Å². The van der Waals surface area contributed by atoms with Crippen LogP contribution in [-0.2, 0) is 14.3 Å². The zero-order valence-corrected chi connectivity index (χ0v) is 18.5. The highest BCUT2D eigenvalue weighted by Crippen LogP contribution is 2.34. The lowest BCUT2D eigenvalue weighted by atomic mass is 10.1. The van der Waals surface area contributed by atoms with Crippen LogP contribution in [0.25, 0.3) is 11.0 Å². The smallest absolute Gasteiger partial charge is 0.291 e. The number of halogens is 1. The molecule has 9 heteroatoms. The van der Waals surface area contributed by atoms with Crippen molar-refractivity contribution in [3.8, 4) is 0 Å². The van der Waals surface area contributed by atoms with Crippen molar-refractivity contribution >= 4 is 51.7 Å². The molecule has 5 rings (SSSR count). The first-order valence-electron chi connectivity index (χ1n) is 10.8. The molecule has 2 aromatic carbocycles. The molecule has 0 bridgehead atoms. The molecule has 0 radical (unpaired) electrons. The van der Waals surface area contributed by atoms with Crippen LogP contribution >= 0.6 is 11.6 Å². The van der Waals surface area contributed by atoms with Crippen LogP contribution in [0.1, 0.15) is 17.0 Å². The lowest BCUT2D eigenvalue weighted by molar-refractivity contribution is -0.122. The largest absolute Gasteiger partial charge is 0.449 e. The van der Waals surface area contributed by atoms with Gasteiger partial charge in [0, 0.05) is 42.2 Å². The standard InChI is InChI=1S/C24H22ClN3O5/c25-16-4-3-5-17(13-16)28-14-15(12-20(28)29)23(30)26-21-18-6-1-2-7-19(18)33-22(21)24(31)27-8-10-32-11-9-27/h1-7,13,15H,8-12,14H2,(H,26,30). The summed E-state index contributed by atoms with van der Waals surface area (Å²) in [5.74, 6) is -1.28. The third-order valence-electron chi connectivity index (χ3n) is 5.95. The van der Waals surface area contributed by atoms with E-state index in [1.54, 1.807) is 52.3 Å². The van der Waals surface area contributed by atoms with E-state index in [1.165, 1.54) is 0 Å². The highest BCUT2D eigenvalue weighted by Gasteiger charge is 2.36. The number of nitrogens with one attached hydrogen (secondary N) is 1. The van der Waals surface area contributed by atoms with Crippen LogP contribution in [0.5, 0.6) is 0 Å². The Kier molecular flexibility index (Phi) is 5.78. The molecule has 1 aromatic heterocycles. The maximum absolute atomic E-state index is 13.2. The minimum atomic E-state index is -0.573. The fourth-order valence-corrected chi connectivity index (χ4v) is 4.42. The summed E-state index contributed by atoms with van der Waals surface area (Å²) in [5.41, 5.74) is 1.49. The number of hydrogen-bond donors (Lipinski definition) is 1. The molecule has 2 aliphatic rings. The quantitative estimate of drug-likeness (QED) is 0.633. The highest BCUT2D eigenvalue weighted by atomic mass is 35.5. The Morgan fingerprint density at radius 1 is 1.06 bits per heavy atom. The van der Waals surface area contributed by atoms with Gasteiger partial charge < -0.3 is 24.3 Å². The van der Waals surface area contributed by atoms with Crippen molar-refractivity contribution < 1.29 is 23.5 Å². The lowest BCUT2D eigenvalue weighted by Crippen LogP contribution is -2.40. The lowest BCUT2D eigenvalue weighted by Gasteiger charge is -2.26. The second kappa shape index (κ2) is 8.88. The van der Waals surface area contributed by atoms with Crippen molar-refractivity contribution in [3.05, 3.63) is 59.3 Å². The number of ether oxygens (including phenoxy) is 1. The summed E-state index contributed by atoms with van der Waals surface area (Å²) in [4.78, 5) is 42.2. The van der Waals surface area contributed by atoms with Gasteiger partial charge in [-0.05, 0) is 30.3 Å². The second-order valence-electron chi connectivity index (χ2n) is 8.08. The molecule has 2 fully saturated rings. The predicted molar refractivity (Wildman–Crippen MR) is 123 cm³/mol. The van der Waals surface area contributed by atoms with E-state index in [4.69, 9.17) is 20.8 Å². The Morgan fingerprint density at radius 2 is 1.85 bits per heavy atom. The summed E-state index contributed by atoms with van der Waals surface area (Å²) in [6.45, 7) is 2.05. The number of fused-ring (bicyclic) bond motifs is 1. The van der Waals surface area contributed by atoms with Crippen molar-refractivity contribution in [1.29, 1.82) is 0 Å². The van der Waals surface area contributed by atoms with Crippen molar-refractivity contribution in [2.24, 2.45) is 5.92 Å². The molecule has 1 N–H and O–H groups in total. The number of amides is 3. The van der Waals surface area contributed by atoms with Gasteiger partial charge >= 0.3 is 0 Å². The van der Waals surface area contributed by atoms with Crippen molar-refractivity contribution in [3.63, 3.8) is 0 Å². The number of para-hydroxylation sites is 1. The van der Waals surface area contributed by atoms with Gasteiger partial charge in [-0.2, -0.15) is 0 Å². The highest BCUT2D eigenvalue weighted by molar-refractivity contribution is 6.31. The molecule has 3 aromatic rings. The van der Waals surface area contributed by atoms with E-state index < -0.39 is 5.92 Å². The first-order chi connectivity index (χ1) is 16.0. The topological polar surface area (TPSA) is 92.1 Å². The van der Waals surface area contributed by atoms with E-state index in [2.05, 4.69) is 5.32 Å². The van der Waals surface area contributed by atoms with Gasteiger partial charge in [0.15, 0.2) is 0 Å². The number of rotatable bonds is 4. The zero-order valence-electron chi connectivity index (χ0n) is 17.8. The van der Waals surface area contributed by atoms with Gasteiger partial charge in [0.2, 0.25) is 17.6 Å². The Bertz CT molecular complexity index is 1230. The van der Waals surface area contributed by atoms with Crippen LogP contribution < -0.4 is 10.2 Å². The van der Waals surface area contributed by atoms with Crippen LogP contribution in [0.3, 0.4) is 0 Å². The van der Waals surface area contributed by atoms with Gasteiger partial charge in [0.05, 0.1) is 19.1 Å². The van der Waals surface area contributed by atoms with Crippen LogP contribution in [-0.4, -0.2) is 55.5 Å². The minimum absolute atomic E-state index is 0.0703. The SMILES string of the molecule is O=C(Nc1c(C(=O)N2CCOCC2)oc2ccccc12)C1CC(=O)N(c2cccc(Cl)c2)C1. The van der Waals surface area contributed by atoms with Gasteiger partial charge in [-0.1, -0.05) is 29.8 Å². The molecule has 2 saturated heterocycles. The summed E-state index contributed by atoms with van der Waals surface area (Å²) < 4.78 is 11.2. The van der Waals surface area contributed by atoms with E-state index in [1.807, 2.05) is 6.07 Å². The summed E-state index contributed by atoms with van der Waals surface area (Å²) in [7, 11) is 0. The first-order valence-corrected chi connectivity index (χ1v) is 11.1. The number of furan rings is 1. The Hall–Kier alpha value is -3.36. The number of anilines is 2. The van der Waals surface area contributed by atoms with E-state index in [9.17, 15) is 14.4 Å². The van der Waals surface area contributed by atoms with Crippen LogP contribution in [0.4, 0.5) is 11.4 Å². The molecule has 0 aliphatic carbocycles. The van der Waals surface area contributed by atoms with Gasteiger partial charge in [-0.3, -0.25) is 14.4 Å². The maximum atomic E-state index is 13.2. The van der Waals surface area contributed by atoms with E-state index >= 15 is 0 Å². The number of carbonyl (C=O) groups is 3. The minimum Gasteiger partial charge on any atom is -0.449 e. The molecule has 8 nitrogen and oxygen atoms in total. The van der Waals surface area contributed by atoms with Crippen LogP contribution in [0, 0.1) is 5.92 Å². The van der Waals surface area contributed by atoms with Gasteiger partial charge in [-0.15, -0.1) is 0 Å². The monoisotopic (exact) mass is 467 g/mol. The Morgan fingerprint density at radius 3 is 2.64 bits per heavy atom. The molecule has 0 spiro atoms. The van der Waals surface area contributed by atoms with E-state index in [0.717, 1.165) is 0 Å². The van der Waals surface area contributed by atoms with Crippen LogP contribution in [0.15, 0.2) is 52.9 Å². The van der Waals surface area contributed by atoms with Gasteiger partial charge in [0.25, 0.3) is 5.91 Å². The molecule has 3 heterocycles. The summed E-state index contributed by atoms with van der Waals surface area (Å²) in [6, 6.07) is 14.1. The normalized spacial score (nSPS) is 18.7. The summed E-state index contributed by atoms with van der Waals surface area (Å²) >= 11 is 6.06. The third kappa shape index (κ3) is 4.19. The Labute approximate surface area is 195 Å². The molecule has 3 amide bonds. The van der Waals surface area contributed by atoms with E-state index in [-0.39, 0.29) is 36.4 Å². The van der Waals surface area contributed by atoms with Crippen LogP contribution in [0.2, 0.25) is 5.02 Å². The summed E-state index contributed by atoms with van der Waals surface area (Å²) in [5, 5.41) is 4.04. The molecule has 2 aliphatic heterocycles. The number of morpholine rings is 1. The number of benzene rings is 2.